The molecule has 1 fully saturated rings. The number of carbonyl (C=O) groups excluding carboxylic acids is 1. The Bertz CT molecular complexity index is 682. The summed E-state index contributed by atoms with van der Waals surface area (Å²) in [5.74, 6) is 1.33. The highest BCUT2D eigenvalue weighted by atomic mass is 32.2. The lowest BCUT2D eigenvalue weighted by atomic mass is 9.98. The van der Waals surface area contributed by atoms with Gasteiger partial charge in [0.2, 0.25) is 5.91 Å². The zero-order valence-corrected chi connectivity index (χ0v) is 15.0. The highest BCUT2D eigenvalue weighted by molar-refractivity contribution is 7.91. The molecule has 1 amide bonds. The first kappa shape index (κ1) is 17.8. The zero-order valence-electron chi connectivity index (χ0n) is 14.2. The molecule has 0 N–H and O–H groups in total. The fraction of sp³-hybridized carbons (Fsp3) is 0.588. The maximum Gasteiger partial charge on any atom is 0.227 e. The van der Waals surface area contributed by atoms with Gasteiger partial charge in [0.05, 0.1) is 25.0 Å². The van der Waals surface area contributed by atoms with E-state index < -0.39 is 9.84 Å². The van der Waals surface area contributed by atoms with Crippen LogP contribution in [0.3, 0.4) is 0 Å². The van der Waals surface area contributed by atoms with Crippen LogP contribution >= 0.6 is 0 Å². The van der Waals surface area contributed by atoms with Crippen molar-refractivity contribution in [2.24, 2.45) is 0 Å². The Morgan fingerprint density at radius 3 is 2.61 bits per heavy atom. The van der Waals surface area contributed by atoms with Crippen LogP contribution in [-0.2, 0) is 21.1 Å². The third-order valence-corrected chi connectivity index (χ3v) is 6.17. The summed E-state index contributed by atoms with van der Waals surface area (Å²) >= 11 is 0. The third-order valence-electron chi connectivity index (χ3n) is 4.42. The fourth-order valence-electron chi connectivity index (χ4n) is 2.93. The van der Waals surface area contributed by atoms with Gasteiger partial charge in [-0.05, 0) is 29.5 Å². The molecule has 5 nitrogen and oxygen atoms in total. The van der Waals surface area contributed by atoms with Gasteiger partial charge in [-0.25, -0.2) is 8.42 Å². The van der Waals surface area contributed by atoms with E-state index in [0.717, 1.165) is 16.9 Å². The van der Waals surface area contributed by atoms with Crippen molar-refractivity contribution in [1.82, 2.24) is 4.90 Å². The molecule has 128 valence electrons. The van der Waals surface area contributed by atoms with Crippen LogP contribution in [0.15, 0.2) is 18.2 Å². The summed E-state index contributed by atoms with van der Waals surface area (Å²) in [6.07, 6.45) is 0.807. The van der Waals surface area contributed by atoms with E-state index in [1.165, 1.54) is 0 Å². The topological polar surface area (TPSA) is 63.7 Å². The van der Waals surface area contributed by atoms with Crippen molar-refractivity contribution in [1.29, 1.82) is 0 Å². The Balaban J connectivity index is 2.09. The number of hydrogen-bond acceptors (Lipinski definition) is 4. The predicted octanol–water partition coefficient (Wildman–Crippen LogP) is 2.01. The lowest BCUT2D eigenvalue weighted by Crippen LogP contribution is -2.38. The molecule has 0 bridgehead atoms. The van der Waals surface area contributed by atoms with Crippen LogP contribution in [0.4, 0.5) is 0 Å². The number of sulfone groups is 1. The standard InChI is InChI=1S/C17H25NO4S/c1-12(2)15-9-13(5-6-16(15)22-4)10-17(19)18(3)14-7-8-23(20,21)11-14/h5-6,9,12,14H,7-8,10-11H2,1-4H3. The highest BCUT2D eigenvalue weighted by Gasteiger charge is 2.32. The summed E-state index contributed by atoms with van der Waals surface area (Å²) in [6, 6.07) is 5.58. The second-order valence-electron chi connectivity index (χ2n) is 6.47. The first-order valence-corrected chi connectivity index (χ1v) is 9.68. The Kier molecular flexibility index (Phi) is 5.34. The van der Waals surface area contributed by atoms with Crippen molar-refractivity contribution in [3.8, 4) is 5.75 Å². The molecule has 2 rings (SSSR count). The molecule has 0 spiro atoms. The maximum atomic E-state index is 12.4. The molecule has 1 aromatic rings. The van der Waals surface area contributed by atoms with Gasteiger partial charge in [-0.1, -0.05) is 26.0 Å². The van der Waals surface area contributed by atoms with E-state index in [1.54, 1.807) is 19.1 Å². The van der Waals surface area contributed by atoms with Gasteiger partial charge in [0.1, 0.15) is 5.75 Å². The van der Waals surface area contributed by atoms with Crippen LogP contribution in [0.25, 0.3) is 0 Å². The second kappa shape index (κ2) is 6.91. The average molecular weight is 339 g/mol. The zero-order chi connectivity index (χ0) is 17.2. The van der Waals surface area contributed by atoms with Crippen molar-refractivity contribution < 1.29 is 17.9 Å². The van der Waals surface area contributed by atoms with E-state index in [1.807, 2.05) is 18.2 Å². The first-order chi connectivity index (χ1) is 10.7. The Hall–Kier alpha value is -1.56. The van der Waals surface area contributed by atoms with Crippen molar-refractivity contribution >= 4 is 15.7 Å². The minimum Gasteiger partial charge on any atom is -0.496 e. The SMILES string of the molecule is COc1ccc(CC(=O)N(C)C2CCS(=O)(=O)C2)cc1C(C)C. The summed E-state index contributed by atoms with van der Waals surface area (Å²) in [5.41, 5.74) is 2.00. The van der Waals surface area contributed by atoms with E-state index >= 15 is 0 Å². The smallest absolute Gasteiger partial charge is 0.227 e. The van der Waals surface area contributed by atoms with Crippen molar-refractivity contribution in [2.45, 2.75) is 38.6 Å². The van der Waals surface area contributed by atoms with Gasteiger partial charge < -0.3 is 9.64 Å². The molecule has 1 aliphatic heterocycles. The fourth-order valence-corrected chi connectivity index (χ4v) is 4.70. The van der Waals surface area contributed by atoms with Crippen LogP contribution in [0, 0.1) is 0 Å². The Morgan fingerprint density at radius 1 is 1.39 bits per heavy atom. The molecule has 1 aromatic carbocycles. The summed E-state index contributed by atoms with van der Waals surface area (Å²) in [4.78, 5) is 14.0. The number of benzene rings is 1. The molecule has 0 aromatic heterocycles. The highest BCUT2D eigenvalue weighted by Crippen LogP contribution is 2.27. The molecular formula is C17H25NO4S. The summed E-state index contributed by atoms with van der Waals surface area (Å²) in [5, 5.41) is 0. The number of hydrogen-bond donors (Lipinski definition) is 0. The number of amides is 1. The minimum atomic E-state index is -2.98. The van der Waals surface area contributed by atoms with Crippen LogP contribution in [-0.4, -0.2) is 50.9 Å². The maximum absolute atomic E-state index is 12.4. The molecule has 0 saturated carbocycles. The molecule has 1 aliphatic rings. The van der Waals surface area contributed by atoms with Crippen molar-refractivity contribution in [3.05, 3.63) is 29.3 Å². The van der Waals surface area contributed by atoms with Crippen LogP contribution in [0.5, 0.6) is 5.75 Å². The normalized spacial score (nSPS) is 19.8. The largest absolute Gasteiger partial charge is 0.496 e. The molecule has 1 saturated heterocycles. The van der Waals surface area contributed by atoms with Gasteiger partial charge >= 0.3 is 0 Å². The van der Waals surface area contributed by atoms with Gasteiger partial charge in [0, 0.05) is 13.1 Å². The number of carbonyl (C=O) groups is 1. The number of nitrogens with zero attached hydrogens (tertiary/aromatic N) is 1. The Morgan fingerprint density at radius 2 is 2.09 bits per heavy atom. The van der Waals surface area contributed by atoms with E-state index in [2.05, 4.69) is 13.8 Å². The van der Waals surface area contributed by atoms with Gasteiger partial charge in [0.15, 0.2) is 9.84 Å². The predicted molar refractivity (Wildman–Crippen MR) is 90.6 cm³/mol. The molecule has 1 atom stereocenters. The first-order valence-electron chi connectivity index (χ1n) is 7.86. The number of methoxy groups -OCH3 is 1. The number of likely N-dealkylation sites (N-methyl/N-ethyl adjacent to an activating group) is 1. The van der Waals surface area contributed by atoms with Crippen molar-refractivity contribution in [2.75, 3.05) is 25.7 Å². The number of rotatable bonds is 5. The molecule has 0 aliphatic carbocycles. The second-order valence-corrected chi connectivity index (χ2v) is 8.70. The van der Waals surface area contributed by atoms with Gasteiger partial charge in [-0.15, -0.1) is 0 Å². The Labute approximate surface area is 138 Å². The summed E-state index contributed by atoms with van der Waals surface area (Å²) in [7, 11) is 0.350. The third kappa shape index (κ3) is 4.25. The molecule has 0 radical (unpaired) electrons. The van der Waals surface area contributed by atoms with E-state index in [0.29, 0.717) is 12.3 Å². The monoisotopic (exact) mass is 339 g/mol. The van der Waals surface area contributed by atoms with Gasteiger partial charge in [0.25, 0.3) is 0 Å². The summed E-state index contributed by atoms with van der Waals surface area (Å²) in [6.45, 7) is 4.16. The summed E-state index contributed by atoms with van der Waals surface area (Å²) < 4.78 is 28.5. The minimum absolute atomic E-state index is 0.0491. The lowest BCUT2D eigenvalue weighted by molar-refractivity contribution is -0.130. The quantitative estimate of drug-likeness (QED) is 0.823. The van der Waals surface area contributed by atoms with Gasteiger partial charge in [-0.2, -0.15) is 0 Å². The van der Waals surface area contributed by atoms with E-state index in [-0.39, 0.29) is 29.9 Å². The molecule has 1 unspecified atom stereocenters. The lowest BCUT2D eigenvalue weighted by Gasteiger charge is -2.23. The van der Waals surface area contributed by atoms with Gasteiger partial charge in [-0.3, -0.25) is 4.79 Å². The van der Waals surface area contributed by atoms with Crippen LogP contribution in [0.2, 0.25) is 0 Å². The van der Waals surface area contributed by atoms with Crippen molar-refractivity contribution in [3.63, 3.8) is 0 Å². The number of ether oxygens (including phenoxy) is 1. The molecule has 6 heteroatoms. The van der Waals surface area contributed by atoms with Crippen LogP contribution in [0.1, 0.15) is 37.3 Å². The van der Waals surface area contributed by atoms with E-state index in [4.69, 9.17) is 4.74 Å². The van der Waals surface area contributed by atoms with Crippen LogP contribution < -0.4 is 4.74 Å². The van der Waals surface area contributed by atoms with E-state index in [9.17, 15) is 13.2 Å². The average Bonchev–Trinajstić information content (AvgIpc) is 2.86. The molecule has 1 heterocycles. The molecular weight excluding hydrogens is 314 g/mol. The molecule has 23 heavy (non-hydrogen) atoms.